The van der Waals surface area contributed by atoms with E-state index in [4.69, 9.17) is 0 Å². The Morgan fingerprint density at radius 3 is 2.47 bits per heavy atom. The van der Waals surface area contributed by atoms with E-state index in [9.17, 15) is 14.9 Å². The molecule has 0 aliphatic heterocycles. The third-order valence-corrected chi connectivity index (χ3v) is 2.54. The van der Waals surface area contributed by atoms with Crippen molar-refractivity contribution in [2.24, 2.45) is 0 Å². The molecule has 0 aliphatic rings. The van der Waals surface area contributed by atoms with E-state index in [-0.39, 0.29) is 11.6 Å². The van der Waals surface area contributed by atoms with Gasteiger partial charge in [-0.1, -0.05) is 26.0 Å². The van der Waals surface area contributed by atoms with Crippen LogP contribution in [0.4, 0.5) is 5.69 Å². The van der Waals surface area contributed by atoms with Crippen molar-refractivity contribution in [1.82, 2.24) is 10.6 Å². The Bertz CT molecular complexity index is 429. The van der Waals surface area contributed by atoms with Gasteiger partial charge in [-0.15, -0.1) is 0 Å². The van der Waals surface area contributed by atoms with Crippen molar-refractivity contribution in [2.75, 3.05) is 6.54 Å². The van der Waals surface area contributed by atoms with Crippen LogP contribution >= 0.6 is 0 Å². The van der Waals surface area contributed by atoms with Crippen LogP contribution in [0.5, 0.6) is 0 Å². The summed E-state index contributed by atoms with van der Waals surface area (Å²) < 4.78 is 0. The van der Waals surface area contributed by atoms with E-state index >= 15 is 0 Å². The van der Waals surface area contributed by atoms with Crippen molar-refractivity contribution in [1.29, 1.82) is 0 Å². The molecule has 1 aromatic rings. The van der Waals surface area contributed by atoms with Crippen molar-refractivity contribution in [2.45, 2.75) is 32.9 Å². The molecule has 104 valence electrons. The van der Waals surface area contributed by atoms with E-state index in [0.717, 1.165) is 5.56 Å². The smallest absolute Gasteiger partial charge is 0.269 e. The van der Waals surface area contributed by atoms with Gasteiger partial charge in [0.1, 0.15) is 0 Å². The van der Waals surface area contributed by atoms with E-state index in [1.807, 2.05) is 13.8 Å². The highest BCUT2D eigenvalue weighted by Crippen LogP contribution is 2.11. The fourth-order valence-electron chi connectivity index (χ4n) is 1.50. The highest BCUT2D eigenvalue weighted by molar-refractivity contribution is 5.76. The monoisotopic (exact) mass is 265 g/mol. The Hall–Kier alpha value is -1.95. The Morgan fingerprint density at radius 2 is 1.95 bits per heavy atom. The fraction of sp³-hybridized carbons (Fsp3) is 0.462. The summed E-state index contributed by atoms with van der Waals surface area (Å²) in [6.07, 6.45) is 0.422. The van der Waals surface area contributed by atoms with Crippen molar-refractivity contribution in [3.05, 3.63) is 39.9 Å². The number of amides is 1. The summed E-state index contributed by atoms with van der Waals surface area (Å²) in [5.74, 6) is -0.0356. The Kier molecular flexibility index (Phi) is 5.95. The molecule has 1 amide bonds. The van der Waals surface area contributed by atoms with E-state index in [2.05, 4.69) is 10.6 Å². The van der Waals surface area contributed by atoms with Gasteiger partial charge >= 0.3 is 0 Å². The Morgan fingerprint density at radius 1 is 1.32 bits per heavy atom. The number of benzene rings is 1. The number of hydrogen-bond donors (Lipinski definition) is 2. The van der Waals surface area contributed by atoms with Crippen LogP contribution in [0.25, 0.3) is 0 Å². The molecular formula is C13H19N3O3. The lowest BCUT2D eigenvalue weighted by Gasteiger charge is -2.08. The molecule has 0 saturated heterocycles. The predicted octanol–water partition coefficient (Wildman–Crippen LogP) is 1.60. The molecule has 0 fully saturated rings. The molecule has 6 heteroatoms. The molecule has 6 nitrogen and oxygen atoms in total. The summed E-state index contributed by atoms with van der Waals surface area (Å²) in [7, 11) is 0. The summed E-state index contributed by atoms with van der Waals surface area (Å²) in [6, 6.07) is 6.52. The normalized spacial score (nSPS) is 10.5. The van der Waals surface area contributed by atoms with E-state index < -0.39 is 4.92 Å². The maximum Gasteiger partial charge on any atom is 0.269 e. The first-order chi connectivity index (χ1) is 8.99. The van der Waals surface area contributed by atoms with Crippen molar-refractivity contribution < 1.29 is 9.72 Å². The van der Waals surface area contributed by atoms with Crippen LogP contribution in [0.3, 0.4) is 0 Å². The van der Waals surface area contributed by atoms with Gasteiger partial charge in [0.2, 0.25) is 5.91 Å². The van der Waals surface area contributed by atoms with Gasteiger partial charge in [0.25, 0.3) is 5.69 Å². The quantitative estimate of drug-likeness (QED) is 0.579. The number of carbonyl (C=O) groups excluding carboxylic acids is 1. The Labute approximate surface area is 112 Å². The highest BCUT2D eigenvalue weighted by Gasteiger charge is 2.05. The van der Waals surface area contributed by atoms with Gasteiger partial charge in [-0.3, -0.25) is 14.9 Å². The molecule has 0 bridgehead atoms. The molecule has 0 radical (unpaired) electrons. The van der Waals surface area contributed by atoms with Gasteiger partial charge in [-0.05, 0) is 5.56 Å². The van der Waals surface area contributed by atoms with Gasteiger partial charge in [-0.25, -0.2) is 0 Å². The molecule has 0 aromatic heterocycles. The molecule has 0 spiro atoms. The Balaban J connectivity index is 2.32. The van der Waals surface area contributed by atoms with Crippen LogP contribution < -0.4 is 10.6 Å². The van der Waals surface area contributed by atoms with Crippen LogP contribution in [-0.4, -0.2) is 23.4 Å². The maximum absolute atomic E-state index is 11.5. The van der Waals surface area contributed by atoms with Crippen LogP contribution in [-0.2, 0) is 11.3 Å². The van der Waals surface area contributed by atoms with Gasteiger partial charge < -0.3 is 10.6 Å². The molecule has 0 aliphatic carbocycles. The first-order valence-corrected chi connectivity index (χ1v) is 6.22. The zero-order valence-electron chi connectivity index (χ0n) is 11.2. The third kappa shape index (κ3) is 5.96. The molecule has 0 unspecified atom stereocenters. The SMILES string of the molecule is CC(C)NCCC(=O)NCc1ccc([N+](=O)[O-])cc1. The number of nitrogens with zero attached hydrogens (tertiary/aromatic N) is 1. The first-order valence-electron chi connectivity index (χ1n) is 6.22. The molecule has 2 N–H and O–H groups in total. The number of non-ortho nitro benzene ring substituents is 1. The van der Waals surface area contributed by atoms with Crippen molar-refractivity contribution in [3.63, 3.8) is 0 Å². The second kappa shape index (κ2) is 7.48. The minimum absolute atomic E-state index is 0.0356. The summed E-state index contributed by atoms with van der Waals surface area (Å²) in [5, 5.41) is 16.4. The molecule has 0 heterocycles. The minimum atomic E-state index is -0.444. The van der Waals surface area contributed by atoms with Crippen LogP contribution in [0.2, 0.25) is 0 Å². The predicted molar refractivity (Wildman–Crippen MR) is 72.7 cm³/mol. The van der Waals surface area contributed by atoms with E-state index in [1.54, 1.807) is 12.1 Å². The van der Waals surface area contributed by atoms with Gasteiger partial charge in [-0.2, -0.15) is 0 Å². The number of rotatable bonds is 7. The van der Waals surface area contributed by atoms with E-state index in [1.165, 1.54) is 12.1 Å². The van der Waals surface area contributed by atoms with Crippen molar-refractivity contribution >= 4 is 11.6 Å². The summed E-state index contributed by atoms with van der Waals surface area (Å²) >= 11 is 0. The zero-order chi connectivity index (χ0) is 14.3. The largest absolute Gasteiger partial charge is 0.352 e. The zero-order valence-corrected chi connectivity index (χ0v) is 11.2. The van der Waals surface area contributed by atoms with Crippen LogP contribution in [0.1, 0.15) is 25.8 Å². The molecule has 19 heavy (non-hydrogen) atoms. The number of nitrogens with one attached hydrogen (secondary N) is 2. The van der Waals surface area contributed by atoms with E-state index in [0.29, 0.717) is 25.6 Å². The number of carbonyl (C=O) groups is 1. The lowest BCUT2D eigenvalue weighted by Crippen LogP contribution is -2.30. The highest BCUT2D eigenvalue weighted by atomic mass is 16.6. The fourth-order valence-corrected chi connectivity index (χ4v) is 1.50. The molecule has 0 saturated carbocycles. The van der Waals surface area contributed by atoms with Gasteiger partial charge in [0.05, 0.1) is 4.92 Å². The minimum Gasteiger partial charge on any atom is -0.352 e. The lowest BCUT2D eigenvalue weighted by molar-refractivity contribution is -0.384. The lowest BCUT2D eigenvalue weighted by atomic mass is 10.2. The second-order valence-electron chi connectivity index (χ2n) is 4.56. The second-order valence-corrected chi connectivity index (χ2v) is 4.56. The average molecular weight is 265 g/mol. The maximum atomic E-state index is 11.5. The number of nitro benzene ring substituents is 1. The molecular weight excluding hydrogens is 246 g/mol. The number of nitro groups is 1. The van der Waals surface area contributed by atoms with Crippen molar-refractivity contribution in [3.8, 4) is 0 Å². The summed E-state index contributed by atoms with van der Waals surface area (Å²) in [4.78, 5) is 21.5. The molecule has 1 rings (SSSR count). The summed E-state index contributed by atoms with van der Waals surface area (Å²) in [6.45, 7) is 5.08. The van der Waals surface area contributed by atoms with Crippen LogP contribution in [0, 0.1) is 10.1 Å². The van der Waals surface area contributed by atoms with Gasteiger partial charge in [0.15, 0.2) is 0 Å². The first kappa shape index (κ1) is 15.1. The van der Waals surface area contributed by atoms with Gasteiger partial charge in [0, 0.05) is 37.7 Å². The third-order valence-electron chi connectivity index (χ3n) is 2.54. The average Bonchev–Trinajstić information content (AvgIpc) is 2.36. The van der Waals surface area contributed by atoms with Crippen LogP contribution in [0.15, 0.2) is 24.3 Å². The standard InChI is InChI=1S/C13H19N3O3/c1-10(2)14-8-7-13(17)15-9-11-3-5-12(6-4-11)16(18)19/h3-6,10,14H,7-9H2,1-2H3,(H,15,17). The molecule has 1 aromatic carbocycles. The molecule has 0 atom stereocenters. The summed E-state index contributed by atoms with van der Waals surface area (Å²) in [5.41, 5.74) is 0.895. The topological polar surface area (TPSA) is 84.3 Å². The number of hydrogen-bond acceptors (Lipinski definition) is 4.